The van der Waals surface area contributed by atoms with Gasteiger partial charge in [0.15, 0.2) is 0 Å². The second kappa shape index (κ2) is 7.76. The molecule has 1 saturated heterocycles. The molecular formula is C18H19ClN6O2. The number of carbonyl (C=O) groups is 2. The highest BCUT2D eigenvalue weighted by atomic mass is 35.5. The Morgan fingerprint density at radius 1 is 1.52 bits per heavy atom. The van der Waals surface area contributed by atoms with E-state index in [0.717, 1.165) is 0 Å². The van der Waals surface area contributed by atoms with E-state index in [1.165, 1.54) is 11.2 Å². The van der Waals surface area contributed by atoms with Gasteiger partial charge in [-0.25, -0.2) is 9.97 Å². The SMILES string of the molecule is C/C(=C\C(Cl)=C1\C(=O)NC2(CCC(C#N)CC2)N1C=O)Nc1ccncn1. The van der Waals surface area contributed by atoms with Crippen LogP contribution >= 0.6 is 11.6 Å². The molecule has 2 fully saturated rings. The monoisotopic (exact) mass is 386 g/mol. The number of carbonyl (C=O) groups excluding carboxylic acids is 2. The first kappa shape index (κ1) is 18.9. The predicted molar refractivity (Wildman–Crippen MR) is 98.6 cm³/mol. The molecule has 1 aromatic heterocycles. The highest BCUT2D eigenvalue weighted by Gasteiger charge is 2.50. The Morgan fingerprint density at radius 2 is 2.26 bits per heavy atom. The van der Waals surface area contributed by atoms with E-state index in [1.807, 2.05) is 0 Å². The average molecular weight is 387 g/mol. The lowest BCUT2D eigenvalue weighted by atomic mass is 9.82. The number of nitrogens with zero attached hydrogens (tertiary/aromatic N) is 4. The maximum atomic E-state index is 12.6. The maximum Gasteiger partial charge on any atom is 0.271 e. The lowest BCUT2D eigenvalue weighted by Gasteiger charge is -2.39. The van der Waals surface area contributed by atoms with Crippen molar-refractivity contribution in [1.82, 2.24) is 20.2 Å². The first-order valence-electron chi connectivity index (χ1n) is 8.57. The van der Waals surface area contributed by atoms with Gasteiger partial charge in [-0.1, -0.05) is 11.6 Å². The predicted octanol–water partition coefficient (Wildman–Crippen LogP) is 2.24. The van der Waals surface area contributed by atoms with E-state index in [1.54, 1.807) is 25.3 Å². The van der Waals surface area contributed by atoms with Crippen LogP contribution in [0.5, 0.6) is 0 Å². The standard InChI is InChI=1S/C18H19ClN6O2/c1-12(23-15-4-7-21-10-22-15)8-14(19)16-17(27)24-18(25(16)11-26)5-2-13(9-20)3-6-18/h4,7-8,10-11,13H,2-3,5-6H2,1H3,(H,24,27)(H,21,22,23)/b12-8+,16-14+. The second-order valence-electron chi connectivity index (χ2n) is 6.61. The quantitative estimate of drug-likeness (QED) is 0.606. The summed E-state index contributed by atoms with van der Waals surface area (Å²) in [6.45, 7) is 1.77. The number of anilines is 1. The van der Waals surface area contributed by atoms with E-state index in [0.29, 0.717) is 43.6 Å². The fourth-order valence-corrected chi connectivity index (χ4v) is 3.82. The Hall–Kier alpha value is -2.92. The maximum absolute atomic E-state index is 12.6. The summed E-state index contributed by atoms with van der Waals surface area (Å²) in [7, 11) is 0. The summed E-state index contributed by atoms with van der Waals surface area (Å²) in [4.78, 5) is 33.6. The van der Waals surface area contributed by atoms with Crippen molar-refractivity contribution in [3.8, 4) is 6.07 Å². The van der Waals surface area contributed by atoms with Gasteiger partial charge in [-0.3, -0.25) is 14.5 Å². The van der Waals surface area contributed by atoms with Crippen LogP contribution in [-0.4, -0.2) is 32.8 Å². The van der Waals surface area contributed by atoms with Gasteiger partial charge in [0.2, 0.25) is 6.41 Å². The fraction of sp³-hybridized carbons (Fsp3) is 0.389. The lowest BCUT2D eigenvalue weighted by Crippen LogP contribution is -2.53. The van der Waals surface area contributed by atoms with Gasteiger partial charge in [-0.15, -0.1) is 0 Å². The van der Waals surface area contributed by atoms with E-state index >= 15 is 0 Å². The topological polar surface area (TPSA) is 111 Å². The van der Waals surface area contributed by atoms with Crippen molar-refractivity contribution in [1.29, 1.82) is 5.26 Å². The molecule has 1 aliphatic carbocycles. The van der Waals surface area contributed by atoms with Crippen LogP contribution in [0.1, 0.15) is 32.6 Å². The van der Waals surface area contributed by atoms with Gasteiger partial charge < -0.3 is 10.6 Å². The van der Waals surface area contributed by atoms with Gasteiger partial charge in [0.1, 0.15) is 23.5 Å². The number of amides is 2. The molecule has 2 aliphatic rings. The van der Waals surface area contributed by atoms with Crippen LogP contribution in [0.15, 0.2) is 41.1 Å². The van der Waals surface area contributed by atoms with E-state index in [-0.39, 0.29) is 16.6 Å². The number of halogens is 1. The molecule has 1 spiro atoms. The summed E-state index contributed by atoms with van der Waals surface area (Å²) in [5.74, 6) is 0.139. The summed E-state index contributed by atoms with van der Waals surface area (Å²) >= 11 is 6.39. The van der Waals surface area contributed by atoms with Crippen LogP contribution in [0.4, 0.5) is 5.82 Å². The number of rotatable bonds is 4. The van der Waals surface area contributed by atoms with Crippen molar-refractivity contribution < 1.29 is 9.59 Å². The van der Waals surface area contributed by atoms with E-state index in [2.05, 4.69) is 26.7 Å². The average Bonchev–Trinajstić information content (AvgIpc) is 2.94. The molecule has 0 aromatic carbocycles. The third kappa shape index (κ3) is 3.78. The molecule has 2 N–H and O–H groups in total. The van der Waals surface area contributed by atoms with Crippen LogP contribution in [-0.2, 0) is 9.59 Å². The molecule has 0 atom stereocenters. The molecule has 140 valence electrons. The molecule has 27 heavy (non-hydrogen) atoms. The Bertz CT molecular complexity index is 837. The van der Waals surface area contributed by atoms with Crippen molar-refractivity contribution in [3.05, 3.63) is 41.1 Å². The number of hydrogen-bond acceptors (Lipinski definition) is 6. The zero-order valence-electron chi connectivity index (χ0n) is 14.8. The molecule has 8 nitrogen and oxygen atoms in total. The molecule has 2 amide bonds. The Balaban J connectivity index is 1.85. The minimum Gasteiger partial charge on any atom is -0.344 e. The van der Waals surface area contributed by atoms with Crippen LogP contribution < -0.4 is 10.6 Å². The zero-order chi connectivity index (χ0) is 19.4. The minimum absolute atomic E-state index is 0.0521. The summed E-state index contributed by atoms with van der Waals surface area (Å²) in [6, 6.07) is 3.95. The molecular weight excluding hydrogens is 368 g/mol. The Kier molecular flexibility index (Phi) is 5.42. The number of nitrogens with one attached hydrogen (secondary N) is 2. The highest BCUT2D eigenvalue weighted by molar-refractivity contribution is 6.33. The van der Waals surface area contributed by atoms with Crippen LogP contribution in [0.3, 0.4) is 0 Å². The third-order valence-electron chi connectivity index (χ3n) is 4.84. The first-order valence-corrected chi connectivity index (χ1v) is 8.95. The Labute approximate surface area is 161 Å². The summed E-state index contributed by atoms with van der Waals surface area (Å²) in [6.07, 6.45) is 7.50. The largest absolute Gasteiger partial charge is 0.344 e. The lowest BCUT2D eigenvalue weighted by molar-refractivity contribution is -0.121. The molecule has 1 aromatic rings. The molecule has 2 heterocycles. The summed E-state index contributed by atoms with van der Waals surface area (Å²) in [5, 5.41) is 15.2. The van der Waals surface area contributed by atoms with E-state index in [9.17, 15) is 9.59 Å². The molecule has 1 aliphatic heterocycles. The first-order chi connectivity index (χ1) is 13.0. The molecule has 3 rings (SSSR count). The fourth-order valence-electron chi connectivity index (χ4n) is 3.48. The molecule has 0 radical (unpaired) electrons. The van der Waals surface area contributed by atoms with Gasteiger partial charge in [-0.2, -0.15) is 5.26 Å². The minimum atomic E-state index is -0.802. The van der Waals surface area contributed by atoms with Gasteiger partial charge in [-0.05, 0) is 44.7 Å². The van der Waals surface area contributed by atoms with Gasteiger partial charge in [0.25, 0.3) is 5.91 Å². The number of aromatic nitrogens is 2. The summed E-state index contributed by atoms with van der Waals surface area (Å²) in [5.41, 5.74) is -0.0337. The second-order valence-corrected chi connectivity index (χ2v) is 7.02. The molecule has 0 bridgehead atoms. The van der Waals surface area contributed by atoms with E-state index < -0.39 is 11.6 Å². The van der Waals surface area contributed by atoms with Crippen molar-refractivity contribution in [3.63, 3.8) is 0 Å². The number of allylic oxidation sites excluding steroid dienone is 3. The zero-order valence-corrected chi connectivity index (χ0v) is 15.5. The van der Waals surface area contributed by atoms with E-state index in [4.69, 9.17) is 16.9 Å². The van der Waals surface area contributed by atoms with Crippen LogP contribution in [0, 0.1) is 17.2 Å². The van der Waals surface area contributed by atoms with Crippen molar-refractivity contribution in [2.24, 2.45) is 5.92 Å². The smallest absolute Gasteiger partial charge is 0.271 e. The highest BCUT2D eigenvalue weighted by Crippen LogP contribution is 2.40. The van der Waals surface area contributed by atoms with Gasteiger partial charge >= 0.3 is 0 Å². The van der Waals surface area contributed by atoms with Gasteiger partial charge in [0.05, 0.1) is 11.1 Å². The normalized spacial score (nSPS) is 27.1. The summed E-state index contributed by atoms with van der Waals surface area (Å²) < 4.78 is 0. The van der Waals surface area contributed by atoms with Gasteiger partial charge in [0, 0.05) is 17.8 Å². The van der Waals surface area contributed by atoms with Crippen molar-refractivity contribution in [2.75, 3.05) is 5.32 Å². The van der Waals surface area contributed by atoms with Crippen LogP contribution in [0.2, 0.25) is 0 Å². The number of nitriles is 1. The molecule has 9 heteroatoms. The van der Waals surface area contributed by atoms with Crippen molar-refractivity contribution >= 4 is 29.7 Å². The van der Waals surface area contributed by atoms with Crippen molar-refractivity contribution in [2.45, 2.75) is 38.3 Å². The Morgan fingerprint density at radius 3 is 2.85 bits per heavy atom. The third-order valence-corrected chi connectivity index (χ3v) is 5.13. The molecule has 0 unspecified atom stereocenters. The molecule has 1 saturated carbocycles. The number of hydrogen-bond donors (Lipinski definition) is 2. The van der Waals surface area contributed by atoms with Crippen LogP contribution in [0.25, 0.3) is 0 Å².